The minimum Gasteiger partial charge on any atom is -0.486 e. The van der Waals surface area contributed by atoms with Gasteiger partial charge in [-0.25, -0.2) is 0 Å². The molecule has 19 heavy (non-hydrogen) atoms. The minimum absolute atomic E-state index is 0.0716. The highest BCUT2D eigenvalue weighted by atomic mass is 16.6. The summed E-state index contributed by atoms with van der Waals surface area (Å²) in [7, 11) is 0. The Labute approximate surface area is 113 Å². The first-order valence-corrected chi connectivity index (χ1v) is 6.48. The smallest absolute Gasteiger partial charge is 0.169 e. The number of aryl methyl sites for hydroxylation is 1. The summed E-state index contributed by atoms with van der Waals surface area (Å²) in [5, 5.41) is 0. The van der Waals surface area contributed by atoms with Crippen molar-refractivity contribution in [1.29, 1.82) is 0 Å². The molecule has 1 aliphatic heterocycles. The Morgan fingerprint density at radius 3 is 2.68 bits per heavy atom. The van der Waals surface area contributed by atoms with Crippen LogP contribution in [-0.4, -0.2) is 19.3 Å². The summed E-state index contributed by atoms with van der Waals surface area (Å²) < 4.78 is 11.7. The van der Waals surface area contributed by atoms with Crippen LogP contribution in [0.4, 0.5) is 0 Å². The maximum atomic E-state index is 5.97. The fraction of sp³-hybridized carbons (Fsp3) is 0.250. The van der Waals surface area contributed by atoms with Crippen molar-refractivity contribution in [3.05, 3.63) is 48.0 Å². The van der Waals surface area contributed by atoms with Gasteiger partial charge < -0.3 is 15.2 Å². The molecule has 98 valence electrons. The Bertz CT molecular complexity index is 595. The summed E-state index contributed by atoms with van der Waals surface area (Å²) >= 11 is 0. The number of ether oxygens (including phenoxy) is 2. The van der Waals surface area contributed by atoms with Crippen LogP contribution < -0.4 is 15.2 Å². The number of benzene rings is 2. The third-order valence-electron chi connectivity index (χ3n) is 3.39. The van der Waals surface area contributed by atoms with Crippen molar-refractivity contribution in [2.45, 2.75) is 13.0 Å². The van der Waals surface area contributed by atoms with Crippen molar-refractivity contribution < 1.29 is 9.47 Å². The molecule has 0 saturated carbocycles. The van der Waals surface area contributed by atoms with Crippen LogP contribution in [0.15, 0.2) is 42.5 Å². The number of fused-ring (bicyclic) bond motifs is 1. The van der Waals surface area contributed by atoms with E-state index < -0.39 is 0 Å². The maximum absolute atomic E-state index is 5.97. The van der Waals surface area contributed by atoms with Crippen LogP contribution in [0.3, 0.4) is 0 Å². The zero-order valence-corrected chi connectivity index (χ0v) is 10.9. The second-order valence-electron chi connectivity index (χ2n) is 4.73. The van der Waals surface area contributed by atoms with Gasteiger partial charge in [-0.3, -0.25) is 0 Å². The van der Waals surface area contributed by atoms with E-state index in [1.54, 1.807) is 0 Å². The molecule has 0 saturated heterocycles. The molecule has 0 spiro atoms. The molecule has 0 unspecified atom stereocenters. The summed E-state index contributed by atoms with van der Waals surface area (Å²) in [4.78, 5) is 0. The van der Waals surface area contributed by atoms with Crippen molar-refractivity contribution in [2.24, 2.45) is 5.73 Å². The van der Waals surface area contributed by atoms with E-state index in [9.17, 15) is 0 Å². The number of nitrogens with two attached hydrogens (primary N) is 1. The molecule has 1 heterocycles. The molecule has 2 aromatic rings. The van der Waals surface area contributed by atoms with Gasteiger partial charge in [-0.15, -0.1) is 0 Å². The van der Waals surface area contributed by atoms with Gasteiger partial charge in [0.1, 0.15) is 12.7 Å². The van der Waals surface area contributed by atoms with Crippen LogP contribution >= 0.6 is 0 Å². The Kier molecular flexibility index (Phi) is 3.13. The summed E-state index contributed by atoms with van der Waals surface area (Å²) in [5.74, 6) is 1.60. The summed E-state index contributed by atoms with van der Waals surface area (Å²) in [6.07, 6.45) is -0.0716. The number of rotatable bonds is 2. The van der Waals surface area contributed by atoms with Gasteiger partial charge >= 0.3 is 0 Å². The average Bonchev–Trinajstić information content (AvgIpc) is 2.47. The molecule has 2 N–H and O–H groups in total. The van der Waals surface area contributed by atoms with E-state index in [4.69, 9.17) is 15.2 Å². The Morgan fingerprint density at radius 2 is 1.89 bits per heavy atom. The largest absolute Gasteiger partial charge is 0.486 e. The third kappa shape index (κ3) is 2.17. The molecule has 2 aromatic carbocycles. The second kappa shape index (κ2) is 4.94. The molecule has 1 aliphatic rings. The standard InChI is InChI=1S/C16H17NO2/c1-11-5-2-3-6-13(11)14-7-4-8-15-16(14)19-12(9-17)10-18-15/h2-8,12H,9-10,17H2,1H3/t12-/m0/s1. The first-order chi connectivity index (χ1) is 9.29. The maximum Gasteiger partial charge on any atom is 0.169 e. The molecule has 3 rings (SSSR count). The van der Waals surface area contributed by atoms with E-state index in [2.05, 4.69) is 25.1 Å². The van der Waals surface area contributed by atoms with Crippen LogP contribution in [0.5, 0.6) is 11.5 Å². The highest BCUT2D eigenvalue weighted by Gasteiger charge is 2.23. The summed E-state index contributed by atoms with van der Waals surface area (Å²) in [6, 6.07) is 14.2. The lowest BCUT2D eigenvalue weighted by atomic mass is 9.99. The molecule has 0 fully saturated rings. The van der Waals surface area contributed by atoms with Gasteiger partial charge in [-0.2, -0.15) is 0 Å². The number of hydrogen-bond acceptors (Lipinski definition) is 3. The van der Waals surface area contributed by atoms with Crippen LogP contribution in [0.2, 0.25) is 0 Å². The molecule has 0 aliphatic carbocycles. The Hall–Kier alpha value is -2.00. The van der Waals surface area contributed by atoms with E-state index in [-0.39, 0.29) is 6.10 Å². The van der Waals surface area contributed by atoms with Crippen molar-refractivity contribution in [3.8, 4) is 22.6 Å². The number of hydrogen-bond donors (Lipinski definition) is 1. The SMILES string of the molecule is Cc1ccccc1-c1cccc2c1O[C@@H](CN)CO2. The quantitative estimate of drug-likeness (QED) is 0.897. The van der Waals surface area contributed by atoms with Crippen LogP contribution in [-0.2, 0) is 0 Å². The van der Waals surface area contributed by atoms with Gasteiger partial charge in [-0.05, 0) is 24.1 Å². The van der Waals surface area contributed by atoms with Gasteiger partial charge in [0.15, 0.2) is 11.5 Å². The fourth-order valence-electron chi connectivity index (χ4n) is 2.34. The van der Waals surface area contributed by atoms with Gasteiger partial charge in [-0.1, -0.05) is 36.4 Å². The van der Waals surface area contributed by atoms with Gasteiger partial charge in [0.2, 0.25) is 0 Å². The molecule has 0 bridgehead atoms. The molecule has 0 radical (unpaired) electrons. The van der Waals surface area contributed by atoms with Crippen LogP contribution in [0.1, 0.15) is 5.56 Å². The highest BCUT2D eigenvalue weighted by molar-refractivity contribution is 5.76. The van der Waals surface area contributed by atoms with Crippen molar-refractivity contribution in [2.75, 3.05) is 13.2 Å². The first kappa shape index (κ1) is 12.1. The van der Waals surface area contributed by atoms with Crippen molar-refractivity contribution in [1.82, 2.24) is 0 Å². The van der Waals surface area contributed by atoms with Crippen molar-refractivity contribution in [3.63, 3.8) is 0 Å². The number of para-hydroxylation sites is 1. The molecule has 3 nitrogen and oxygen atoms in total. The van der Waals surface area contributed by atoms with E-state index in [0.29, 0.717) is 13.2 Å². The van der Waals surface area contributed by atoms with Crippen LogP contribution in [0.25, 0.3) is 11.1 Å². The summed E-state index contributed by atoms with van der Waals surface area (Å²) in [6.45, 7) is 3.07. The monoisotopic (exact) mass is 255 g/mol. The zero-order valence-electron chi connectivity index (χ0n) is 10.9. The van der Waals surface area contributed by atoms with E-state index >= 15 is 0 Å². The second-order valence-corrected chi connectivity index (χ2v) is 4.73. The highest BCUT2D eigenvalue weighted by Crippen LogP contribution is 2.41. The summed E-state index contributed by atoms with van der Waals surface area (Å²) in [5.41, 5.74) is 9.12. The van der Waals surface area contributed by atoms with Gasteiger partial charge in [0, 0.05) is 12.1 Å². The predicted octanol–water partition coefficient (Wildman–Crippen LogP) is 2.76. The minimum atomic E-state index is -0.0716. The first-order valence-electron chi connectivity index (χ1n) is 6.48. The van der Waals surface area contributed by atoms with Gasteiger partial charge in [0.05, 0.1) is 0 Å². The fourth-order valence-corrected chi connectivity index (χ4v) is 2.34. The normalized spacial score (nSPS) is 17.3. The lowest BCUT2D eigenvalue weighted by Gasteiger charge is -2.27. The topological polar surface area (TPSA) is 44.5 Å². The van der Waals surface area contributed by atoms with Crippen LogP contribution in [0, 0.1) is 6.92 Å². The Balaban J connectivity index is 2.11. The zero-order chi connectivity index (χ0) is 13.2. The Morgan fingerprint density at radius 1 is 1.11 bits per heavy atom. The molecular weight excluding hydrogens is 238 g/mol. The van der Waals surface area contributed by atoms with E-state index in [1.165, 1.54) is 11.1 Å². The van der Waals surface area contributed by atoms with E-state index in [1.807, 2.05) is 24.3 Å². The van der Waals surface area contributed by atoms with Gasteiger partial charge in [0.25, 0.3) is 0 Å². The molecule has 0 amide bonds. The third-order valence-corrected chi connectivity index (χ3v) is 3.39. The molecule has 3 heteroatoms. The predicted molar refractivity (Wildman–Crippen MR) is 75.6 cm³/mol. The average molecular weight is 255 g/mol. The van der Waals surface area contributed by atoms with E-state index in [0.717, 1.165) is 17.1 Å². The lowest BCUT2D eigenvalue weighted by molar-refractivity contribution is 0.0976. The molecular formula is C16H17NO2. The van der Waals surface area contributed by atoms with Crippen molar-refractivity contribution >= 4 is 0 Å². The molecule has 1 atom stereocenters. The lowest BCUT2D eigenvalue weighted by Crippen LogP contribution is -2.35. The molecule has 0 aromatic heterocycles.